The fraction of sp³-hybridized carbons (Fsp3) is 0.400. The summed E-state index contributed by atoms with van der Waals surface area (Å²) in [6, 6.07) is 8.93. The van der Waals surface area contributed by atoms with Gasteiger partial charge >= 0.3 is 0 Å². The lowest BCUT2D eigenvalue weighted by molar-refractivity contribution is 0.0596. The lowest BCUT2D eigenvalue weighted by Gasteiger charge is -2.26. The maximum absolute atomic E-state index is 11.8. The van der Waals surface area contributed by atoms with Gasteiger partial charge in [0.15, 0.2) is 9.84 Å². The minimum absolute atomic E-state index is 0.405. The van der Waals surface area contributed by atoms with Crippen molar-refractivity contribution in [3.8, 4) is 0 Å². The molecule has 15 heavy (non-hydrogen) atoms. The Morgan fingerprint density at radius 1 is 1.33 bits per heavy atom. The van der Waals surface area contributed by atoms with Gasteiger partial charge < -0.3 is 4.74 Å². The van der Waals surface area contributed by atoms with E-state index >= 15 is 0 Å². The zero-order chi connectivity index (χ0) is 10.9. The molecule has 0 aliphatic carbocycles. The van der Waals surface area contributed by atoms with E-state index in [4.69, 9.17) is 4.74 Å². The van der Waals surface area contributed by atoms with E-state index in [0.29, 0.717) is 18.7 Å². The van der Waals surface area contributed by atoms with Crippen molar-refractivity contribution >= 4 is 9.84 Å². The Morgan fingerprint density at radius 3 is 2.47 bits per heavy atom. The lowest BCUT2D eigenvalue weighted by Crippen LogP contribution is -2.45. The molecule has 1 aliphatic rings. The predicted molar refractivity (Wildman–Crippen MR) is 56.9 cm³/mol. The van der Waals surface area contributed by atoms with Crippen LogP contribution in [0.1, 0.15) is 5.56 Å². The van der Waals surface area contributed by atoms with E-state index in [1.54, 1.807) is 24.3 Å². The van der Waals surface area contributed by atoms with Gasteiger partial charge in [0, 0.05) is 18.4 Å². The van der Waals surface area contributed by atoms with Gasteiger partial charge in [-0.15, -0.1) is 0 Å². The van der Waals surface area contributed by atoms with Gasteiger partial charge in [0.05, 0.1) is 6.61 Å². The fourth-order valence-electron chi connectivity index (χ4n) is 1.76. The molecule has 1 atom stereocenters. The minimum atomic E-state index is -3.35. The molecule has 1 aliphatic heterocycles. The van der Waals surface area contributed by atoms with Crippen LogP contribution in [0.3, 0.4) is 0 Å². The van der Waals surface area contributed by atoms with Crippen molar-refractivity contribution in [2.24, 2.45) is 0 Å². The summed E-state index contributed by atoms with van der Waals surface area (Å²) in [6.07, 6.45) is 1.18. The molecule has 82 valence electrons. The second kappa shape index (κ2) is 3.59. The average molecular weight is 227 g/mol. The van der Waals surface area contributed by atoms with Crippen LogP contribution in [0.5, 0.6) is 0 Å². The third-order valence-corrected chi connectivity index (χ3v) is 3.98. The highest BCUT2D eigenvalue weighted by Crippen LogP contribution is 2.31. The monoisotopic (exact) mass is 227 g/mol. The highest BCUT2D eigenvalue weighted by atomic mass is 32.2. The molecule has 1 aromatic carbocycles. The second-order valence-corrected chi connectivity index (χ2v) is 5.65. The summed E-state index contributed by atoms with van der Waals surface area (Å²) in [5.74, 6) is 0. The van der Waals surface area contributed by atoms with E-state index in [1.165, 1.54) is 6.26 Å². The molecule has 1 heterocycles. The summed E-state index contributed by atoms with van der Waals surface area (Å²) in [7, 11) is -3.35. The van der Waals surface area contributed by atoms with Crippen molar-refractivity contribution in [3.63, 3.8) is 0 Å². The van der Waals surface area contributed by atoms with E-state index in [0.717, 1.165) is 0 Å². The maximum atomic E-state index is 11.8. The van der Waals surface area contributed by atoms with Crippen LogP contribution < -0.4 is 5.32 Å². The Morgan fingerprint density at radius 2 is 2.00 bits per heavy atom. The number of hydrogen-bond acceptors (Lipinski definition) is 4. The Balaban J connectivity index is 2.54. The highest BCUT2D eigenvalue weighted by molar-refractivity contribution is 7.91. The largest absolute Gasteiger partial charge is 0.342 e. The van der Waals surface area contributed by atoms with Crippen molar-refractivity contribution in [3.05, 3.63) is 35.9 Å². The Labute approximate surface area is 89.2 Å². The molecule has 0 spiro atoms. The first-order valence-electron chi connectivity index (χ1n) is 4.70. The van der Waals surface area contributed by atoms with E-state index in [1.807, 2.05) is 6.07 Å². The van der Waals surface area contributed by atoms with Crippen LogP contribution in [-0.2, 0) is 19.6 Å². The van der Waals surface area contributed by atoms with Crippen LogP contribution in [0.2, 0.25) is 0 Å². The third-order valence-electron chi connectivity index (χ3n) is 2.44. The number of benzene rings is 1. The molecule has 1 saturated heterocycles. The van der Waals surface area contributed by atoms with Crippen molar-refractivity contribution < 1.29 is 13.2 Å². The number of hydrogen-bond donors (Lipinski definition) is 1. The summed E-state index contributed by atoms with van der Waals surface area (Å²) >= 11 is 0. The summed E-state index contributed by atoms with van der Waals surface area (Å²) in [5.41, 5.74) is 0.630. The summed E-state index contributed by atoms with van der Waals surface area (Å²) < 4.78 is 28.9. The van der Waals surface area contributed by atoms with Crippen LogP contribution in [0.4, 0.5) is 0 Å². The number of rotatable bonds is 2. The zero-order valence-corrected chi connectivity index (χ0v) is 9.25. The van der Waals surface area contributed by atoms with Crippen molar-refractivity contribution in [2.45, 2.75) is 5.06 Å². The van der Waals surface area contributed by atoms with E-state index < -0.39 is 14.9 Å². The summed E-state index contributed by atoms with van der Waals surface area (Å²) in [4.78, 5) is 0. The molecular formula is C10H13NO3S. The van der Waals surface area contributed by atoms with E-state index in [2.05, 4.69) is 5.32 Å². The van der Waals surface area contributed by atoms with Crippen LogP contribution in [0.25, 0.3) is 0 Å². The van der Waals surface area contributed by atoms with Gasteiger partial charge in [0.25, 0.3) is 0 Å². The lowest BCUT2D eigenvalue weighted by atomic mass is 10.2. The molecule has 1 unspecified atom stereocenters. The Kier molecular flexibility index (Phi) is 2.54. The first-order valence-corrected chi connectivity index (χ1v) is 6.59. The van der Waals surface area contributed by atoms with Crippen molar-refractivity contribution in [1.29, 1.82) is 0 Å². The quantitative estimate of drug-likeness (QED) is 0.797. The first-order chi connectivity index (χ1) is 7.06. The van der Waals surface area contributed by atoms with Crippen LogP contribution in [0, 0.1) is 0 Å². The first kappa shape index (κ1) is 10.6. The summed E-state index contributed by atoms with van der Waals surface area (Å²) in [5, 5.41) is 1.56. The second-order valence-electron chi connectivity index (χ2n) is 3.53. The molecule has 2 rings (SSSR count). The molecule has 0 radical (unpaired) electrons. The molecule has 0 bridgehead atoms. The fourth-order valence-corrected chi connectivity index (χ4v) is 2.98. The SMILES string of the molecule is CS(=O)(=O)C1(c2ccccc2)NCCO1. The van der Waals surface area contributed by atoms with Crippen molar-refractivity contribution in [1.82, 2.24) is 5.32 Å². The van der Waals surface area contributed by atoms with E-state index in [9.17, 15) is 8.42 Å². The molecule has 4 nitrogen and oxygen atoms in total. The van der Waals surface area contributed by atoms with Crippen LogP contribution in [-0.4, -0.2) is 27.8 Å². The molecule has 1 aromatic rings. The van der Waals surface area contributed by atoms with Crippen LogP contribution in [0.15, 0.2) is 30.3 Å². The molecule has 0 amide bonds. The van der Waals surface area contributed by atoms with Gasteiger partial charge in [-0.3, -0.25) is 5.32 Å². The van der Waals surface area contributed by atoms with Gasteiger partial charge in [0.1, 0.15) is 0 Å². The van der Waals surface area contributed by atoms with Crippen LogP contribution >= 0.6 is 0 Å². The van der Waals surface area contributed by atoms with Gasteiger partial charge in [-0.05, 0) is 0 Å². The average Bonchev–Trinajstić information content (AvgIpc) is 2.68. The molecular weight excluding hydrogens is 214 g/mol. The van der Waals surface area contributed by atoms with Gasteiger partial charge in [-0.2, -0.15) is 0 Å². The Hall–Kier alpha value is -0.910. The third kappa shape index (κ3) is 1.67. The van der Waals surface area contributed by atoms with E-state index in [-0.39, 0.29) is 0 Å². The van der Waals surface area contributed by atoms with Gasteiger partial charge in [-0.25, -0.2) is 8.42 Å². The zero-order valence-electron chi connectivity index (χ0n) is 8.43. The van der Waals surface area contributed by atoms with Gasteiger partial charge in [-0.1, -0.05) is 30.3 Å². The number of sulfone groups is 1. The van der Waals surface area contributed by atoms with Crippen molar-refractivity contribution in [2.75, 3.05) is 19.4 Å². The minimum Gasteiger partial charge on any atom is -0.342 e. The molecule has 5 heteroatoms. The number of ether oxygens (including phenoxy) is 1. The van der Waals surface area contributed by atoms with Gasteiger partial charge in [0.2, 0.25) is 5.06 Å². The molecule has 1 N–H and O–H groups in total. The molecule has 1 fully saturated rings. The topological polar surface area (TPSA) is 55.4 Å². The maximum Gasteiger partial charge on any atom is 0.249 e. The Bertz CT molecular complexity index is 435. The standard InChI is InChI=1S/C10H13NO3S/c1-15(12,13)10(11-7-8-14-10)9-5-3-2-4-6-9/h2-6,11H,7-8H2,1H3. The smallest absolute Gasteiger partial charge is 0.249 e. The normalized spacial score (nSPS) is 26.7. The predicted octanol–water partition coefficient (Wildman–Crippen LogP) is 0.461. The molecule has 0 aromatic heterocycles. The summed E-state index contributed by atoms with van der Waals surface area (Å²) in [6.45, 7) is 0.948. The highest BCUT2D eigenvalue weighted by Gasteiger charge is 2.46. The molecule has 0 saturated carbocycles. The number of nitrogens with one attached hydrogen (secondary N) is 1.